The van der Waals surface area contributed by atoms with Crippen LogP contribution in [0.4, 0.5) is 0 Å². The summed E-state index contributed by atoms with van der Waals surface area (Å²) in [6.45, 7) is 7.22. The molecule has 5 heteroatoms. The summed E-state index contributed by atoms with van der Waals surface area (Å²) < 4.78 is 6.08. The number of guanidine groups is 1. The number of ether oxygens (including phenoxy) is 1. The van der Waals surface area contributed by atoms with E-state index in [2.05, 4.69) is 45.6 Å². The molecule has 1 aromatic rings. The Bertz CT molecular complexity index is 666. The average Bonchev–Trinajstić information content (AvgIpc) is 3.61. The molecule has 1 heterocycles. The van der Waals surface area contributed by atoms with Gasteiger partial charge in [-0.2, -0.15) is 0 Å². The minimum Gasteiger partial charge on any atom is -0.493 e. The van der Waals surface area contributed by atoms with E-state index in [1.807, 2.05) is 7.05 Å². The van der Waals surface area contributed by atoms with Crippen LogP contribution in [-0.4, -0.2) is 50.2 Å². The summed E-state index contributed by atoms with van der Waals surface area (Å²) in [7, 11) is 1.85. The maximum atomic E-state index is 6.08. The van der Waals surface area contributed by atoms with Crippen LogP contribution in [0.25, 0.3) is 0 Å². The SMILES string of the molecule is CN=C(NCc1ccc(C)cc1OCC1CC1)NCC1CCN(C2CC2)C1. The third kappa shape index (κ3) is 5.38. The lowest BCUT2D eigenvalue weighted by Gasteiger charge is -2.18. The van der Waals surface area contributed by atoms with E-state index in [0.717, 1.165) is 49.3 Å². The van der Waals surface area contributed by atoms with Crippen molar-refractivity contribution in [3.63, 3.8) is 0 Å². The van der Waals surface area contributed by atoms with Crippen LogP contribution in [0.3, 0.4) is 0 Å². The molecular weight excluding hydrogens is 336 g/mol. The third-order valence-electron chi connectivity index (χ3n) is 6.00. The monoisotopic (exact) mass is 370 g/mol. The molecule has 0 aromatic heterocycles. The highest BCUT2D eigenvalue weighted by Gasteiger charge is 2.34. The number of aryl methyl sites for hydroxylation is 1. The lowest BCUT2D eigenvalue weighted by Crippen LogP contribution is -2.40. The van der Waals surface area contributed by atoms with Crippen LogP contribution >= 0.6 is 0 Å². The molecule has 1 saturated heterocycles. The molecule has 148 valence electrons. The van der Waals surface area contributed by atoms with Gasteiger partial charge in [0.15, 0.2) is 5.96 Å². The predicted molar refractivity (Wildman–Crippen MR) is 110 cm³/mol. The molecule has 27 heavy (non-hydrogen) atoms. The number of hydrogen-bond acceptors (Lipinski definition) is 3. The number of nitrogens with one attached hydrogen (secondary N) is 2. The van der Waals surface area contributed by atoms with Crippen molar-refractivity contribution in [1.82, 2.24) is 15.5 Å². The third-order valence-corrected chi connectivity index (χ3v) is 6.00. The Balaban J connectivity index is 1.25. The number of likely N-dealkylation sites (tertiary alicyclic amines) is 1. The van der Waals surface area contributed by atoms with Gasteiger partial charge in [0.05, 0.1) is 6.61 Å². The van der Waals surface area contributed by atoms with E-state index in [1.54, 1.807) is 0 Å². The molecule has 1 unspecified atom stereocenters. The summed E-state index contributed by atoms with van der Waals surface area (Å²) in [6, 6.07) is 7.37. The smallest absolute Gasteiger partial charge is 0.191 e. The molecule has 1 aliphatic heterocycles. The molecule has 5 nitrogen and oxygen atoms in total. The Morgan fingerprint density at radius 3 is 2.74 bits per heavy atom. The van der Waals surface area contributed by atoms with Crippen molar-refractivity contribution >= 4 is 5.96 Å². The molecule has 0 amide bonds. The second kappa shape index (κ2) is 8.51. The number of aliphatic imine (C=N–C) groups is 1. The maximum Gasteiger partial charge on any atom is 0.191 e. The van der Waals surface area contributed by atoms with E-state index in [1.165, 1.54) is 56.3 Å². The van der Waals surface area contributed by atoms with Gasteiger partial charge in [-0.05, 0) is 69.0 Å². The molecule has 2 aliphatic carbocycles. The van der Waals surface area contributed by atoms with Crippen LogP contribution in [0.1, 0.15) is 43.2 Å². The largest absolute Gasteiger partial charge is 0.493 e. The Hall–Kier alpha value is -1.75. The molecule has 0 spiro atoms. The zero-order valence-electron chi connectivity index (χ0n) is 16.8. The van der Waals surface area contributed by atoms with Crippen molar-refractivity contribution in [2.75, 3.05) is 33.3 Å². The Labute approximate surface area is 163 Å². The van der Waals surface area contributed by atoms with Gasteiger partial charge >= 0.3 is 0 Å². The van der Waals surface area contributed by atoms with E-state index in [0.29, 0.717) is 0 Å². The fourth-order valence-corrected chi connectivity index (χ4v) is 3.88. The summed E-state index contributed by atoms with van der Waals surface area (Å²) in [4.78, 5) is 7.07. The topological polar surface area (TPSA) is 48.9 Å². The highest BCUT2D eigenvalue weighted by atomic mass is 16.5. The number of rotatable bonds is 8. The Morgan fingerprint density at radius 2 is 2.00 bits per heavy atom. The van der Waals surface area contributed by atoms with Gasteiger partial charge in [-0.1, -0.05) is 12.1 Å². The predicted octanol–water partition coefficient (Wildman–Crippen LogP) is 2.93. The molecule has 4 rings (SSSR count). The molecule has 0 bridgehead atoms. The zero-order chi connectivity index (χ0) is 18.6. The number of nitrogens with zero attached hydrogens (tertiary/aromatic N) is 2. The van der Waals surface area contributed by atoms with Crippen LogP contribution in [0.5, 0.6) is 5.75 Å². The average molecular weight is 371 g/mol. The van der Waals surface area contributed by atoms with Gasteiger partial charge in [0.25, 0.3) is 0 Å². The van der Waals surface area contributed by atoms with Crippen LogP contribution in [0.15, 0.2) is 23.2 Å². The fraction of sp³-hybridized carbons (Fsp3) is 0.682. The first kappa shape index (κ1) is 18.6. The second-order valence-electron chi connectivity index (χ2n) is 8.55. The van der Waals surface area contributed by atoms with E-state index in [9.17, 15) is 0 Å². The van der Waals surface area contributed by atoms with Crippen molar-refractivity contribution in [3.05, 3.63) is 29.3 Å². The standard InChI is InChI=1S/C22H34N4O/c1-16-3-6-19(21(11-16)27-15-17-4-5-17)13-25-22(23-2)24-12-18-9-10-26(14-18)20-7-8-20/h3,6,11,17-18,20H,4-5,7-10,12-15H2,1-2H3,(H2,23,24,25). The van der Waals surface area contributed by atoms with Crippen LogP contribution in [-0.2, 0) is 6.54 Å². The van der Waals surface area contributed by atoms with Gasteiger partial charge < -0.3 is 20.3 Å². The summed E-state index contributed by atoms with van der Waals surface area (Å²) in [6.07, 6.45) is 6.75. The van der Waals surface area contributed by atoms with Gasteiger partial charge in [-0.15, -0.1) is 0 Å². The molecule has 1 aromatic carbocycles. The fourth-order valence-electron chi connectivity index (χ4n) is 3.88. The van der Waals surface area contributed by atoms with Crippen molar-refractivity contribution < 1.29 is 4.74 Å². The van der Waals surface area contributed by atoms with Crippen molar-refractivity contribution in [2.24, 2.45) is 16.8 Å². The highest BCUT2D eigenvalue weighted by molar-refractivity contribution is 5.79. The molecule has 0 radical (unpaired) electrons. The first-order valence-electron chi connectivity index (χ1n) is 10.6. The van der Waals surface area contributed by atoms with Crippen molar-refractivity contribution in [1.29, 1.82) is 0 Å². The van der Waals surface area contributed by atoms with Crippen molar-refractivity contribution in [2.45, 2.75) is 51.6 Å². The molecule has 1 atom stereocenters. The summed E-state index contributed by atoms with van der Waals surface area (Å²) >= 11 is 0. The van der Waals surface area contributed by atoms with E-state index in [4.69, 9.17) is 4.74 Å². The summed E-state index contributed by atoms with van der Waals surface area (Å²) in [5.74, 6) is 3.40. The number of benzene rings is 1. The van der Waals surface area contributed by atoms with Gasteiger partial charge in [0, 0.05) is 38.3 Å². The molecular formula is C22H34N4O. The Kier molecular flexibility index (Phi) is 5.86. The number of hydrogen-bond donors (Lipinski definition) is 2. The molecule has 3 fully saturated rings. The molecule has 3 aliphatic rings. The van der Waals surface area contributed by atoms with E-state index < -0.39 is 0 Å². The molecule has 2 N–H and O–H groups in total. The zero-order valence-corrected chi connectivity index (χ0v) is 16.8. The van der Waals surface area contributed by atoms with E-state index >= 15 is 0 Å². The lowest BCUT2D eigenvalue weighted by molar-refractivity contribution is 0.296. The van der Waals surface area contributed by atoms with Crippen LogP contribution in [0, 0.1) is 18.8 Å². The highest BCUT2D eigenvalue weighted by Crippen LogP contribution is 2.32. The van der Waals surface area contributed by atoms with Crippen LogP contribution in [0.2, 0.25) is 0 Å². The minimum absolute atomic E-state index is 0.735. The summed E-state index contributed by atoms with van der Waals surface area (Å²) in [5.41, 5.74) is 2.44. The summed E-state index contributed by atoms with van der Waals surface area (Å²) in [5, 5.41) is 6.99. The maximum absolute atomic E-state index is 6.08. The first-order valence-corrected chi connectivity index (χ1v) is 10.6. The quantitative estimate of drug-likeness (QED) is 0.546. The Morgan fingerprint density at radius 1 is 1.15 bits per heavy atom. The second-order valence-corrected chi connectivity index (χ2v) is 8.55. The first-order chi connectivity index (χ1) is 13.2. The van der Waals surface area contributed by atoms with Crippen LogP contribution < -0.4 is 15.4 Å². The molecule has 2 saturated carbocycles. The lowest BCUT2D eigenvalue weighted by atomic mass is 10.1. The van der Waals surface area contributed by atoms with Crippen molar-refractivity contribution in [3.8, 4) is 5.75 Å². The minimum atomic E-state index is 0.735. The van der Waals surface area contributed by atoms with Gasteiger partial charge in [-0.3, -0.25) is 4.99 Å². The van der Waals surface area contributed by atoms with E-state index in [-0.39, 0.29) is 0 Å². The normalized spacial score (nSPS) is 23.5. The van der Waals surface area contributed by atoms with Gasteiger partial charge in [-0.25, -0.2) is 0 Å². The van der Waals surface area contributed by atoms with Gasteiger partial charge in [0.1, 0.15) is 5.75 Å². The van der Waals surface area contributed by atoms with Gasteiger partial charge in [0.2, 0.25) is 0 Å².